The summed E-state index contributed by atoms with van der Waals surface area (Å²) in [6.07, 6.45) is 4.78. The van der Waals surface area contributed by atoms with Gasteiger partial charge in [-0.05, 0) is 37.5 Å². The predicted molar refractivity (Wildman–Crippen MR) is 75.4 cm³/mol. The highest BCUT2D eigenvalue weighted by molar-refractivity contribution is 5.83. The highest BCUT2D eigenvalue weighted by Crippen LogP contribution is 2.58. The number of carbonyl (C=O) groups is 2. The summed E-state index contributed by atoms with van der Waals surface area (Å²) in [5, 5.41) is 2.92. The minimum absolute atomic E-state index is 0.0147. The fraction of sp³-hybridized carbons (Fsp3) is 0.769. The quantitative estimate of drug-likeness (QED) is 0.288. The molecule has 0 unspecified atom stereocenters. The molecule has 2 amide bonds. The fourth-order valence-electron chi connectivity index (χ4n) is 3.28. The van der Waals surface area contributed by atoms with E-state index in [0.717, 1.165) is 32.1 Å². The number of nitrogens with zero attached hydrogens (tertiary/aromatic N) is 1. The molecule has 7 nitrogen and oxygen atoms in total. The number of rotatable bonds is 6. The van der Waals surface area contributed by atoms with Gasteiger partial charge in [0.1, 0.15) is 0 Å². The summed E-state index contributed by atoms with van der Waals surface area (Å²) in [6, 6.07) is -0.101. The van der Waals surface area contributed by atoms with Crippen LogP contribution in [0.5, 0.6) is 0 Å². The molecule has 1 saturated heterocycles. The third kappa shape index (κ3) is 3.40. The number of primary amides is 1. The van der Waals surface area contributed by atoms with Gasteiger partial charge in [-0.15, -0.1) is 0 Å². The van der Waals surface area contributed by atoms with E-state index in [2.05, 4.69) is 10.3 Å². The summed E-state index contributed by atoms with van der Waals surface area (Å²) in [5.74, 6) is -0.219. The molecule has 0 aromatic carbocycles. The van der Waals surface area contributed by atoms with Crippen molar-refractivity contribution in [3.63, 3.8) is 0 Å². The number of aliphatic imine (C=N–C) groups is 1. The third-order valence-corrected chi connectivity index (χ3v) is 4.34. The first-order valence-electron chi connectivity index (χ1n) is 7.07. The van der Waals surface area contributed by atoms with Gasteiger partial charge in [-0.2, -0.15) is 0 Å². The van der Waals surface area contributed by atoms with Gasteiger partial charge in [0.15, 0.2) is 5.96 Å². The molecule has 1 spiro atoms. The second-order valence-electron chi connectivity index (χ2n) is 5.94. The lowest BCUT2D eigenvalue weighted by Crippen LogP contribution is -2.50. The molecule has 7 heteroatoms. The van der Waals surface area contributed by atoms with E-state index in [9.17, 15) is 9.59 Å². The van der Waals surface area contributed by atoms with Crippen molar-refractivity contribution in [3.05, 3.63) is 0 Å². The number of hydrogen-bond donors (Lipinski definition) is 4. The Morgan fingerprint density at radius 2 is 2.05 bits per heavy atom. The van der Waals surface area contributed by atoms with Crippen molar-refractivity contribution in [2.75, 3.05) is 6.54 Å². The molecule has 0 bridgehead atoms. The van der Waals surface area contributed by atoms with Crippen LogP contribution in [0.25, 0.3) is 0 Å². The number of nitrogens with two attached hydrogens (primary N) is 3. The number of guanidine groups is 1. The van der Waals surface area contributed by atoms with E-state index < -0.39 is 0 Å². The Labute approximate surface area is 118 Å². The Balaban J connectivity index is 1.89. The van der Waals surface area contributed by atoms with E-state index in [1.807, 2.05) is 0 Å². The second-order valence-corrected chi connectivity index (χ2v) is 5.94. The monoisotopic (exact) mass is 281 g/mol. The number of amides is 2. The molecule has 1 aliphatic heterocycles. The van der Waals surface area contributed by atoms with Gasteiger partial charge < -0.3 is 22.5 Å². The van der Waals surface area contributed by atoms with E-state index in [-0.39, 0.29) is 41.6 Å². The molecular formula is C13H23N5O2. The number of carbonyl (C=O) groups excluding carboxylic acids is 2. The van der Waals surface area contributed by atoms with E-state index in [1.54, 1.807) is 0 Å². The first-order chi connectivity index (χ1) is 9.43. The Bertz CT molecular complexity index is 426. The van der Waals surface area contributed by atoms with Crippen LogP contribution in [0.15, 0.2) is 4.99 Å². The zero-order chi connectivity index (χ0) is 14.8. The number of nitrogens with one attached hydrogen (secondary N) is 1. The van der Waals surface area contributed by atoms with Crippen LogP contribution in [0.2, 0.25) is 0 Å². The molecule has 2 fully saturated rings. The molecule has 2 rings (SSSR count). The zero-order valence-corrected chi connectivity index (χ0v) is 11.6. The zero-order valence-electron chi connectivity index (χ0n) is 11.6. The largest absolute Gasteiger partial charge is 0.370 e. The molecule has 2 atom stereocenters. The number of hydrogen-bond acceptors (Lipinski definition) is 3. The normalized spacial score (nSPS) is 26.9. The van der Waals surface area contributed by atoms with Crippen LogP contribution in [-0.4, -0.2) is 30.4 Å². The second kappa shape index (κ2) is 5.68. The van der Waals surface area contributed by atoms with Crippen molar-refractivity contribution >= 4 is 17.8 Å². The minimum atomic E-state index is -0.364. The van der Waals surface area contributed by atoms with Crippen molar-refractivity contribution in [1.29, 1.82) is 0 Å². The average molecular weight is 281 g/mol. The molecule has 1 aliphatic carbocycles. The summed E-state index contributed by atoms with van der Waals surface area (Å²) < 4.78 is 0. The maximum absolute atomic E-state index is 12.2. The van der Waals surface area contributed by atoms with E-state index in [4.69, 9.17) is 17.2 Å². The van der Waals surface area contributed by atoms with E-state index >= 15 is 0 Å². The van der Waals surface area contributed by atoms with Crippen LogP contribution in [-0.2, 0) is 9.59 Å². The lowest BCUT2D eigenvalue weighted by molar-refractivity contribution is -0.132. The van der Waals surface area contributed by atoms with Crippen molar-refractivity contribution in [3.8, 4) is 0 Å². The minimum Gasteiger partial charge on any atom is -0.370 e. The van der Waals surface area contributed by atoms with Gasteiger partial charge in [0.25, 0.3) is 0 Å². The molecule has 0 radical (unpaired) electrons. The summed E-state index contributed by atoms with van der Waals surface area (Å²) in [4.78, 5) is 27.2. The van der Waals surface area contributed by atoms with Crippen LogP contribution in [0.4, 0.5) is 0 Å². The van der Waals surface area contributed by atoms with Gasteiger partial charge in [0, 0.05) is 24.9 Å². The molecule has 1 saturated carbocycles. The molecule has 112 valence electrons. The van der Waals surface area contributed by atoms with Crippen LogP contribution in [0.3, 0.4) is 0 Å². The van der Waals surface area contributed by atoms with Gasteiger partial charge in [0.05, 0.1) is 0 Å². The third-order valence-electron chi connectivity index (χ3n) is 4.34. The Morgan fingerprint density at radius 1 is 1.35 bits per heavy atom. The first kappa shape index (κ1) is 14.6. The highest BCUT2D eigenvalue weighted by atomic mass is 16.2. The Kier molecular flexibility index (Phi) is 4.15. The Hall–Kier alpha value is -1.79. The maximum Gasteiger partial charge on any atom is 0.223 e. The molecule has 0 aromatic rings. The molecular weight excluding hydrogens is 258 g/mol. The van der Waals surface area contributed by atoms with Crippen molar-refractivity contribution in [2.45, 2.75) is 44.6 Å². The van der Waals surface area contributed by atoms with Crippen molar-refractivity contribution < 1.29 is 9.59 Å². The first-order valence-corrected chi connectivity index (χ1v) is 7.07. The molecule has 1 heterocycles. The van der Waals surface area contributed by atoms with E-state index in [1.165, 1.54) is 0 Å². The summed E-state index contributed by atoms with van der Waals surface area (Å²) >= 11 is 0. The SMILES string of the molecule is NC(=O)C[C@H]1CC2(CC2)[C@@H](CCCN=C(N)N)C(=O)N1. The molecule has 7 N–H and O–H groups in total. The van der Waals surface area contributed by atoms with Gasteiger partial charge in [0.2, 0.25) is 11.8 Å². The van der Waals surface area contributed by atoms with Crippen LogP contribution in [0, 0.1) is 11.3 Å². The van der Waals surface area contributed by atoms with Crippen LogP contribution < -0.4 is 22.5 Å². The maximum atomic E-state index is 12.2. The van der Waals surface area contributed by atoms with Gasteiger partial charge in [-0.3, -0.25) is 14.6 Å². The predicted octanol–water partition coefficient (Wildman–Crippen LogP) is -0.800. The molecule has 20 heavy (non-hydrogen) atoms. The van der Waals surface area contributed by atoms with Crippen molar-refractivity contribution in [2.24, 2.45) is 33.5 Å². The lowest BCUT2D eigenvalue weighted by Gasteiger charge is -2.36. The number of piperidine rings is 1. The topological polar surface area (TPSA) is 137 Å². The van der Waals surface area contributed by atoms with E-state index in [0.29, 0.717) is 6.54 Å². The highest BCUT2D eigenvalue weighted by Gasteiger charge is 2.55. The fourth-order valence-corrected chi connectivity index (χ4v) is 3.28. The Morgan fingerprint density at radius 3 is 2.60 bits per heavy atom. The van der Waals surface area contributed by atoms with Gasteiger partial charge in [-0.1, -0.05) is 0 Å². The average Bonchev–Trinajstić information content (AvgIpc) is 3.06. The molecule has 0 aromatic heterocycles. The van der Waals surface area contributed by atoms with Crippen molar-refractivity contribution in [1.82, 2.24) is 5.32 Å². The van der Waals surface area contributed by atoms with Crippen LogP contribution in [0.1, 0.15) is 38.5 Å². The van der Waals surface area contributed by atoms with Gasteiger partial charge >= 0.3 is 0 Å². The molecule has 2 aliphatic rings. The lowest BCUT2D eigenvalue weighted by atomic mass is 9.76. The smallest absolute Gasteiger partial charge is 0.223 e. The summed E-state index contributed by atoms with van der Waals surface area (Å²) in [7, 11) is 0. The van der Waals surface area contributed by atoms with Crippen LogP contribution >= 0.6 is 0 Å². The summed E-state index contributed by atoms with van der Waals surface area (Å²) in [6.45, 7) is 0.549. The standard InChI is InChI=1S/C13H23N5O2/c14-10(19)6-8-7-13(3-4-13)9(11(20)18-8)2-1-5-17-12(15)16/h8-9H,1-7H2,(H2,14,19)(H,18,20)(H4,15,16,17)/t8-,9-/m0/s1. The van der Waals surface area contributed by atoms with Gasteiger partial charge in [-0.25, -0.2) is 0 Å². The summed E-state index contributed by atoms with van der Waals surface area (Å²) in [5.41, 5.74) is 15.8.